The number of hydrogen-bond donors (Lipinski definition) is 3. The van der Waals surface area contributed by atoms with Gasteiger partial charge in [0.25, 0.3) is 0 Å². The van der Waals surface area contributed by atoms with Gasteiger partial charge in [0, 0.05) is 19.4 Å². The average molecular weight is 674 g/mol. The Morgan fingerprint density at radius 2 is 1.20 bits per heavy atom. The lowest BCUT2D eigenvalue weighted by Crippen LogP contribution is -2.56. The molecule has 3 unspecified atom stereocenters. The highest BCUT2D eigenvalue weighted by Crippen LogP contribution is 2.26. The molecule has 10 heteroatoms. The standard InChI is InChI=1S/C39H51N3O7/c1-26-21-27(2)23-30(22-26)33(34(44)40-32(36(46)48-38(3,4)5)25-29-17-13-10-14-18-29)42(19-20-43)35(45)31(24-28-15-11-9-12-16-28)41-37(47)49-39(6,7)8/h9-18,21-23,31-33,43H,19-20,24-25H2,1-8H3,(H,40,44)(H,41,47). The van der Waals surface area contributed by atoms with E-state index < -0.39 is 59.8 Å². The first-order chi connectivity index (χ1) is 23.0. The lowest BCUT2D eigenvalue weighted by atomic mass is 9.96. The summed E-state index contributed by atoms with van der Waals surface area (Å²) in [6.45, 7) is 13.5. The van der Waals surface area contributed by atoms with Crippen LogP contribution in [0.25, 0.3) is 0 Å². The van der Waals surface area contributed by atoms with E-state index in [4.69, 9.17) is 9.47 Å². The summed E-state index contributed by atoms with van der Waals surface area (Å²) in [6.07, 6.45) is -0.562. The number of amides is 3. The fourth-order valence-electron chi connectivity index (χ4n) is 5.48. The van der Waals surface area contributed by atoms with E-state index in [0.29, 0.717) is 5.56 Å². The number of hydrogen-bond acceptors (Lipinski definition) is 7. The van der Waals surface area contributed by atoms with Crippen molar-refractivity contribution in [2.45, 2.75) is 97.6 Å². The zero-order valence-corrected chi connectivity index (χ0v) is 29.9. The van der Waals surface area contributed by atoms with Gasteiger partial charge in [-0.1, -0.05) is 90.0 Å². The zero-order valence-electron chi connectivity index (χ0n) is 29.9. The van der Waals surface area contributed by atoms with E-state index in [0.717, 1.165) is 22.3 Å². The van der Waals surface area contributed by atoms with Crippen molar-refractivity contribution in [3.05, 3.63) is 107 Å². The first-order valence-electron chi connectivity index (χ1n) is 16.6. The highest BCUT2D eigenvalue weighted by Gasteiger charge is 2.38. The molecule has 264 valence electrons. The molecule has 10 nitrogen and oxygen atoms in total. The third kappa shape index (κ3) is 12.7. The molecule has 3 amide bonds. The summed E-state index contributed by atoms with van der Waals surface area (Å²) in [7, 11) is 0. The molecule has 3 aromatic carbocycles. The van der Waals surface area contributed by atoms with Crippen LogP contribution in [0.5, 0.6) is 0 Å². The summed E-state index contributed by atoms with van der Waals surface area (Å²) in [5.41, 5.74) is 2.10. The van der Waals surface area contributed by atoms with Crippen LogP contribution in [0.1, 0.15) is 75.4 Å². The molecule has 3 atom stereocenters. The van der Waals surface area contributed by atoms with Gasteiger partial charge in [-0.25, -0.2) is 9.59 Å². The van der Waals surface area contributed by atoms with Crippen molar-refractivity contribution in [2.24, 2.45) is 0 Å². The van der Waals surface area contributed by atoms with Gasteiger partial charge in [0.15, 0.2) is 0 Å². The molecule has 0 radical (unpaired) electrons. The van der Waals surface area contributed by atoms with E-state index in [2.05, 4.69) is 10.6 Å². The maximum absolute atomic E-state index is 14.6. The summed E-state index contributed by atoms with van der Waals surface area (Å²) in [6, 6.07) is 20.4. The number of rotatable bonds is 13. The van der Waals surface area contributed by atoms with E-state index in [9.17, 15) is 24.3 Å². The lowest BCUT2D eigenvalue weighted by molar-refractivity contribution is -0.159. The Balaban J connectivity index is 2.11. The number of alkyl carbamates (subject to hydrolysis) is 1. The maximum Gasteiger partial charge on any atom is 0.408 e. The van der Waals surface area contributed by atoms with E-state index >= 15 is 0 Å². The van der Waals surface area contributed by atoms with Crippen LogP contribution in [0.3, 0.4) is 0 Å². The molecular weight excluding hydrogens is 622 g/mol. The quantitative estimate of drug-likeness (QED) is 0.208. The first kappa shape index (κ1) is 38.7. The van der Waals surface area contributed by atoms with Crippen molar-refractivity contribution < 1.29 is 33.8 Å². The van der Waals surface area contributed by atoms with Crippen molar-refractivity contribution in [1.29, 1.82) is 0 Å². The van der Waals surface area contributed by atoms with Gasteiger partial charge in [-0.2, -0.15) is 0 Å². The molecule has 0 spiro atoms. The van der Waals surface area contributed by atoms with E-state index in [1.807, 2.05) is 80.6 Å². The monoisotopic (exact) mass is 673 g/mol. The molecule has 0 saturated heterocycles. The highest BCUT2D eigenvalue weighted by atomic mass is 16.6. The summed E-state index contributed by atoms with van der Waals surface area (Å²) in [5, 5.41) is 15.8. The third-order valence-corrected chi connectivity index (χ3v) is 7.31. The van der Waals surface area contributed by atoms with Crippen molar-refractivity contribution in [2.75, 3.05) is 13.2 Å². The second-order valence-corrected chi connectivity index (χ2v) is 14.3. The molecule has 3 N–H and O–H groups in total. The van der Waals surface area contributed by atoms with Gasteiger partial charge < -0.3 is 30.1 Å². The molecular formula is C39H51N3O7. The fourth-order valence-corrected chi connectivity index (χ4v) is 5.48. The Bertz CT molecular complexity index is 1540. The Morgan fingerprint density at radius 1 is 0.714 bits per heavy atom. The summed E-state index contributed by atoms with van der Waals surface area (Å²) >= 11 is 0. The summed E-state index contributed by atoms with van der Waals surface area (Å²) < 4.78 is 11.2. The minimum atomic E-state index is -1.28. The average Bonchev–Trinajstić information content (AvgIpc) is 2.98. The minimum Gasteiger partial charge on any atom is -0.458 e. The minimum absolute atomic E-state index is 0.0938. The van der Waals surface area contributed by atoms with Crippen molar-refractivity contribution in [3.8, 4) is 0 Å². The molecule has 0 bridgehead atoms. The van der Waals surface area contributed by atoms with E-state index in [-0.39, 0.29) is 19.4 Å². The molecule has 0 aliphatic rings. The van der Waals surface area contributed by atoms with Crippen LogP contribution in [0.4, 0.5) is 4.79 Å². The first-order valence-corrected chi connectivity index (χ1v) is 16.6. The molecule has 0 fully saturated rings. The molecule has 0 saturated carbocycles. The molecule has 3 rings (SSSR count). The number of ether oxygens (including phenoxy) is 2. The molecule has 3 aromatic rings. The van der Waals surface area contributed by atoms with Gasteiger partial charge in [-0.05, 0) is 72.1 Å². The van der Waals surface area contributed by atoms with Gasteiger partial charge in [0.1, 0.15) is 29.3 Å². The second kappa shape index (κ2) is 17.1. The van der Waals surface area contributed by atoms with Crippen LogP contribution in [0.2, 0.25) is 0 Å². The van der Waals surface area contributed by atoms with Crippen molar-refractivity contribution in [3.63, 3.8) is 0 Å². The highest BCUT2D eigenvalue weighted by molar-refractivity contribution is 5.94. The number of aliphatic hydroxyl groups excluding tert-OH is 1. The van der Waals surface area contributed by atoms with Crippen LogP contribution in [-0.2, 0) is 36.7 Å². The number of nitrogens with one attached hydrogen (secondary N) is 2. The number of aryl methyl sites for hydroxylation is 2. The van der Waals surface area contributed by atoms with Crippen LogP contribution in [0.15, 0.2) is 78.9 Å². The lowest BCUT2D eigenvalue weighted by Gasteiger charge is -2.35. The normalized spacial score (nSPS) is 13.4. The fraction of sp³-hybridized carbons (Fsp3) is 0.436. The molecule has 49 heavy (non-hydrogen) atoms. The van der Waals surface area contributed by atoms with Gasteiger partial charge >= 0.3 is 12.1 Å². The predicted molar refractivity (Wildman–Crippen MR) is 189 cm³/mol. The maximum atomic E-state index is 14.6. The Hall–Kier alpha value is -4.70. The molecule has 0 aromatic heterocycles. The number of nitrogens with zero attached hydrogens (tertiary/aromatic N) is 1. The van der Waals surface area contributed by atoms with Gasteiger partial charge in [0.05, 0.1) is 6.61 Å². The van der Waals surface area contributed by atoms with Crippen molar-refractivity contribution >= 4 is 23.9 Å². The van der Waals surface area contributed by atoms with Crippen LogP contribution >= 0.6 is 0 Å². The van der Waals surface area contributed by atoms with Crippen LogP contribution in [0, 0.1) is 13.8 Å². The number of carbonyl (C=O) groups is 4. The molecule has 0 aliphatic carbocycles. The Morgan fingerprint density at radius 3 is 1.67 bits per heavy atom. The number of aliphatic hydroxyl groups is 1. The SMILES string of the molecule is Cc1cc(C)cc(C(C(=O)NC(Cc2ccccc2)C(=O)OC(C)(C)C)N(CCO)C(=O)C(Cc2ccccc2)NC(=O)OC(C)(C)C)c1. The third-order valence-electron chi connectivity index (χ3n) is 7.31. The smallest absolute Gasteiger partial charge is 0.408 e. The second-order valence-electron chi connectivity index (χ2n) is 14.3. The van der Waals surface area contributed by atoms with Crippen molar-refractivity contribution in [1.82, 2.24) is 15.5 Å². The number of esters is 1. The van der Waals surface area contributed by atoms with Crippen LogP contribution < -0.4 is 10.6 Å². The summed E-state index contributed by atoms with van der Waals surface area (Å²) in [4.78, 5) is 56.9. The Kier molecular flexibility index (Phi) is 13.5. The van der Waals surface area contributed by atoms with Gasteiger partial charge in [0.2, 0.25) is 11.8 Å². The van der Waals surface area contributed by atoms with E-state index in [1.54, 1.807) is 53.7 Å². The topological polar surface area (TPSA) is 134 Å². The summed E-state index contributed by atoms with van der Waals surface area (Å²) in [5.74, 6) is -1.88. The molecule has 0 heterocycles. The van der Waals surface area contributed by atoms with Crippen LogP contribution in [-0.4, -0.2) is 70.3 Å². The number of benzene rings is 3. The van der Waals surface area contributed by atoms with Gasteiger partial charge in [-0.15, -0.1) is 0 Å². The zero-order chi connectivity index (χ0) is 36.4. The molecule has 0 aliphatic heterocycles. The largest absolute Gasteiger partial charge is 0.458 e. The van der Waals surface area contributed by atoms with Gasteiger partial charge in [-0.3, -0.25) is 9.59 Å². The number of carbonyl (C=O) groups excluding carboxylic acids is 4. The predicted octanol–water partition coefficient (Wildman–Crippen LogP) is 5.37. The van der Waals surface area contributed by atoms with E-state index in [1.165, 1.54) is 4.90 Å². The Labute approximate surface area is 290 Å².